The molecule has 0 aliphatic heterocycles. The summed E-state index contributed by atoms with van der Waals surface area (Å²) in [7, 11) is 0. The lowest BCUT2D eigenvalue weighted by Gasteiger charge is -2.34. The number of carbonyl (C=O) groups excluding carboxylic acids is 1. The van der Waals surface area contributed by atoms with E-state index in [1.54, 1.807) is 36.4 Å². The fourth-order valence-corrected chi connectivity index (χ4v) is 4.83. The molecule has 31 heavy (non-hydrogen) atoms. The molecule has 1 aliphatic carbocycles. The van der Waals surface area contributed by atoms with E-state index in [1.165, 1.54) is 11.6 Å². The second kappa shape index (κ2) is 9.26. The SMILES string of the molecule is CC[C@@H](NC(=O)c1ccc(C#N)cc1)C1CCC(c2ccnc3ccc(F)cc23)CC1. The lowest BCUT2D eigenvalue weighted by atomic mass is 9.75. The number of fused-ring (bicyclic) bond motifs is 1. The van der Waals surface area contributed by atoms with E-state index in [4.69, 9.17) is 5.26 Å². The van der Waals surface area contributed by atoms with Gasteiger partial charge in [-0.25, -0.2) is 4.39 Å². The molecule has 0 bridgehead atoms. The number of rotatable bonds is 5. The van der Waals surface area contributed by atoms with E-state index in [0.29, 0.717) is 23.0 Å². The molecule has 1 heterocycles. The highest BCUT2D eigenvalue weighted by atomic mass is 19.1. The van der Waals surface area contributed by atoms with Crippen molar-refractivity contribution in [3.8, 4) is 6.07 Å². The van der Waals surface area contributed by atoms with Gasteiger partial charge in [-0.05, 0) is 98.0 Å². The summed E-state index contributed by atoms with van der Waals surface area (Å²) in [5, 5.41) is 13.0. The standard InChI is InChI=1S/C26H26FN3O/c1-2-24(30-26(31)20-5-3-17(16-28)4-6-20)19-9-7-18(8-10-19)22-13-14-29-25-12-11-21(27)15-23(22)25/h3-6,11-15,18-19,24H,2,7-10H2,1H3,(H,30,31)/t18?,19?,24-/m1/s1. The van der Waals surface area contributed by atoms with Gasteiger partial charge in [-0.15, -0.1) is 0 Å². The van der Waals surface area contributed by atoms with Crippen LogP contribution in [0.3, 0.4) is 0 Å². The van der Waals surface area contributed by atoms with Crippen LogP contribution in [-0.4, -0.2) is 16.9 Å². The number of amides is 1. The second-order valence-corrected chi connectivity index (χ2v) is 8.35. The monoisotopic (exact) mass is 415 g/mol. The van der Waals surface area contributed by atoms with Gasteiger partial charge in [0.1, 0.15) is 5.82 Å². The van der Waals surface area contributed by atoms with Crippen molar-refractivity contribution in [2.24, 2.45) is 5.92 Å². The number of pyridine rings is 1. The van der Waals surface area contributed by atoms with Crippen molar-refractivity contribution in [3.63, 3.8) is 0 Å². The first-order valence-corrected chi connectivity index (χ1v) is 10.9. The molecule has 1 N–H and O–H groups in total. The third-order valence-electron chi connectivity index (χ3n) is 6.55. The molecule has 1 aromatic heterocycles. The van der Waals surface area contributed by atoms with E-state index in [0.717, 1.165) is 43.0 Å². The molecule has 3 aromatic rings. The molecule has 1 atom stereocenters. The van der Waals surface area contributed by atoms with Crippen LogP contribution in [0.15, 0.2) is 54.7 Å². The molecule has 4 nitrogen and oxygen atoms in total. The highest BCUT2D eigenvalue weighted by Gasteiger charge is 2.29. The smallest absolute Gasteiger partial charge is 0.251 e. The Hall–Kier alpha value is -3.26. The molecule has 0 radical (unpaired) electrons. The predicted octanol–water partition coefficient (Wildman–Crippen LogP) is 5.73. The van der Waals surface area contributed by atoms with Crippen molar-refractivity contribution in [2.45, 2.75) is 51.0 Å². The zero-order valence-corrected chi connectivity index (χ0v) is 17.6. The van der Waals surface area contributed by atoms with Gasteiger partial charge in [0.25, 0.3) is 5.91 Å². The second-order valence-electron chi connectivity index (χ2n) is 8.35. The summed E-state index contributed by atoms with van der Waals surface area (Å²) in [5.41, 5.74) is 3.14. The lowest BCUT2D eigenvalue weighted by Crippen LogP contribution is -2.41. The number of halogens is 1. The predicted molar refractivity (Wildman–Crippen MR) is 119 cm³/mol. The van der Waals surface area contributed by atoms with Crippen molar-refractivity contribution in [1.82, 2.24) is 10.3 Å². The number of nitrogens with zero attached hydrogens (tertiary/aromatic N) is 2. The molecular formula is C26H26FN3O. The number of nitrogens with one attached hydrogen (secondary N) is 1. The van der Waals surface area contributed by atoms with Crippen LogP contribution < -0.4 is 5.32 Å². The summed E-state index contributed by atoms with van der Waals surface area (Å²) in [5.74, 6) is 0.491. The summed E-state index contributed by atoms with van der Waals surface area (Å²) >= 11 is 0. The zero-order chi connectivity index (χ0) is 21.8. The van der Waals surface area contributed by atoms with Crippen LogP contribution in [0.2, 0.25) is 0 Å². The normalized spacial score (nSPS) is 19.5. The molecule has 4 rings (SSSR count). The van der Waals surface area contributed by atoms with Crippen LogP contribution >= 0.6 is 0 Å². The molecule has 1 aliphatic rings. The maximum Gasteiger partial charge on any atom is 0.251 e. The molecule has 1 amide bonds. The van der Waals surface area contributed by atoms with Crippen molar-refractivity contribution in [1.29, 1.82) is 5.26 Å². The highest BCUT2D eigenvalue weighted by Crippen LogP contribution is 2.39. The van der Waals surface area contributed by atoms with Gasteiger partial charge in [-0.3, -0.25) is 9.78 Å². The minimum Gasteiger partial charge on any atom is -0.349 e. The topological polar surface area (TPSA) is 65.8 Å². The molecule has 158 valence electrons. The van der Waals surface area contributed by atoms with Crippen LogP contribution in [0, 0.1) is 23.1 Å². The van der Waals surface area contributed by atoms with Gasteiger partial charge in [0.15, 0.2) is 0 Å². The van der Waals surface area contributed by atoms with Crippen LogP contribution in [-0.2, 0) is 0 Å². The van der Waals surface area contributed by atoms with E-state index in [9.17, 15) is 9.18 Å². The summed E-state index contributed by atoms with van der Waals surface area (Å²) in [6.45, 7) is 2.11. The van der Waals surface area contributed by atoms with Crippen molar-refractivity contribution < 1.29 is 9.18 Å². The minimum absolute atomic E-state index is 0.0888. The van der Waals surface area contributed by atoms with Gasteiger partial charge >= 0.3 is 0 Å². The Morgan fingerprint density at radius 2 is 1.90 bits per heavy atom. The maximum atomic E-state index is 13.8. The quantitative estimate of drug-likeness (QED) is 0.579. The number of hydrogen-bond acceptors (Lipinski definition) is 3. The number of hydrogen-bond donors (Lipinski definition) is 1. The van der Waals surface area contributed by atoms with E-state index < -0.39 is 0 Å². The summed E-state index contributed by atoms with van der Waals surface area (Å²) in [6, 6.07) is 15.7. The third-order valence-corrected chi connectivity index (χ3v) is 6.55. The average molecular weight is 416 g/mol. The fraction of sp³-hybridized carbons (Fsp3) is 0.346. The van der Waals surface area contributed by atoms with Gasteiger partial charge in [0, 0.05) is 23.2 Å². The van der Waals surface area contributed by atoms with Crippen LogP contribution in [0.25, 0.3) is 10.9 Å². The molecule has 0 spiro atoms. The van der Waals surface area contributed by atoms with E-state index in [2.05, 4.69) is 23.3 Å². The van der Waals surface area contributed by atoms with Crippen molar-refractivity contribution in [3.05, 3.63) is 77.2 Å². The molecule has 1 fully saturated rings. The van der Waals surface area contributed by atoms with Gasteiger partial charge in [-0.1, -0.05) is 6.92 Å². The van der Waals surface area contributed by atoms with E-state index in [1.807, 2.05) is 12.3 Å². The Morgan fingerprint density at radius 3 is 2.58 bits per heavy atom. The number of benzene rings is 2. The van der Waals surface area contributed by atoms with Gasteiger partial charge in [0.2, 0.25) is 0 Å². The first kappa shape index (κ1) is 21.0. The van der Waals surface area contributed by atoms with E-state index >= 15 is 0 Å². The maximum absolute atomic E-state index is 13.8. The van der Waals surface area contributed by atoms with Gasteiger partial charge < -0.3 is 5.32 Å². The molecule has 2 aromatic carbocycles. The Kier molecular flexibility index (Phi) is 6.27. The Morgan fingerprint density at radius 1 is 1.16 bits per heavy atom. The third kappa shape index (κ3) is 4.59. The van der Waals surface area contributed by atoms with Crippen LogP contribution in [0.4, 0.5) is 4.39 Å². The number of nitriles is 1. The Labute approximate surface area is 182 Å². The van der Waals surface area contributed by atoms with Crippen molar-refractivity contribution in [2.75, 3.05) is 0 Å². The largest absolute Gasteiger partial charge is 0.349 e. The molecule has 0 unspecified atom stereocenters. The van der Waals surface area contributed by atoms with Gasteiger partial charge in [-0.2, -0.15) is 5.26 Å². The van der Waals surface area contributed by atoms with Gasteiger partial charge in [0.05, 0.1) is 17.1 Å². The zero-order valence-electron chi connectivity index (χ0n) is 17.6. The Balaban J connectivity index is 1.42. The minimum atomic E-state index is -0.230. The Bertz CT molecular complexity index is 1110. The molecule has 5 heteroatoms. The van der Waals surface area contributed by atoms with E-state index in [-0.39, 0.29) is 17.8 Å². The van der Waals surface area contributed by atoms with Crippen LogP contribution in [0.5, 0.6) is 0 Å². The number of carbonyl (C=O) groups is 1. The number of aromatic nitrogens is 1. The lowest BCUT2D eigenvalue weighted by molar-refractivity contribution is 0.0909. The molecule has 1 saturated carbocycles. The molecular weight excluding hydrogens is 389 g/mol. The fourth-order valence-electron chi connectivity index (χ4n) is 4.83. The van der Waals surface area contributed by atoms with Crippen molar-refractivity contribution >= 4 is 16.8 Å². The van der Waals surface area contributed by atoms with Crippen LogP contribution in [0.1, 0.15) is 66.4 Å². The summed E-state index contributed by atoms with van der Waals surface area (Å²) < 4.78 is 13.8. The highest BCUT2D eigenvalue weighted by molar-refractivity contribution is 5.94. The first-order chi connectivity index (χ1) is 15.1. The average Bonchev–Trinajstić information content (AvgIpc) is 2.82. The first-order valence-electron chi connectivity index (χ1n) is 10.9. The summed E-state index contributed by atoms with van der Waals surface area (Å²) in [4.78, 5) is 17.1. The molecule has 0 saturated heterocycles. The summed E-state index contributed by atoms with van der Waals surface area (Å²) in [6.07, 6.45) is 6.77.